The van der Waals surface area contributed by atoms with E-state index < -0.39 is 0 Å². The van der Waals surface area contributed by atoms with Gasteiger partial charge in [0.05, 0.1) is 6.61 Å². The lowest BCUT2D eigenvalue weighted by Crippen LogP contribution is -2.42. The number of carbonyl (C=O) groups is 1. The van der Waals surface area contributed by atoms with Crippen LogP contribution in [-0.2, 0) is 4.74 Å². The Labute approximate surface area is 144 Å². The summed E-state index contributed by atoms with van der Waals surface area (Å²) in [6.45, 7) is 8.69. The van der Waals surface area contributed by atoms with Gasteiger partial charge in [0, 0.05) is 37.4 Å². The summed E-state index contributed by atoms with van der Waals surface area (Å²) < 4.78 is 5.05. The highest BCUT2D eigenvalue weighted by Gasteiger charge is 2.23. The molecule has 24 heavy (non-hydrogen) atoms. The first kappa shape index (κ1) is 18.3. The van der Waals surface area contributed by atoms with Crippen molar-refractivity contribution >= 4 is 17.9 Å². The third-order valence-corrected chi connectivity index (χ3v) is 4.04. The molecule has 1 aromatic rings. The minimum Gasteiger partial charge on any atom is -0.450 e. The second-order valence-corrected chi connectivity index (χ2v) is 6.10. The number of piperidine rings is 1. The van der Waals surface area contributed by atoms with Crippen LogP contribution in [0.15, 0.2) is 6.07 Å². The van der Waals surface area contributed by atoms with Crippen LogP contribution in [0.3, 0.4) is 0 Å². The summed E-state index contributed by atoms with van der Waals surface area (Å²) in [5.41, 5.74) is 0.940. The Kier molecular flexibility index (Phi) is 7.08. The molecular formula is C17H29N5O2. The average molecular weight is 335 g/mol. The molecule has 1 aliphatic rings. The van der Waals surface area contributed by atoms with Crippen LogP contribution in [0, 0.1) is 6.92 Å². The van der Waals surface area contributed by atoms with Crippen molar-refractivity contribution in [3.63, 3.8) is 0 Å². The van der Waals surface area contributed by atoms with E-state index in [4.69, 9.17) is 4.74 Å². The summed E-state index contributed by atoms with van der Waals surface area (Å²) in [5.74, 6) is 1.52. The number of ether oxygens (including phenoxy) is 1. The van der Waals surface area contributed by atoms with E-state index in [9.17, 15) is 4.79 Å². The largest absolute Gasteiger partial charge is 0.450 e. The van der Waals surface area contributed by atoms with E-state index in [1.165, 1.54) is 0 Å². The number of rotatable bonds is 7. The second kappa shape index (κ2) is 9.30. The van der Waals surface area contributed by atoms with Gasteiger partial charge < -0.3 is 20.3 Å². The summed E-state index contributed by atoms with van der Waals surface area (Å²) in [4.78, 5) is 22.5. The predicted molar refractivity (Wildman–Crippen MR) is 95.4 cm³/mol. The average Bonchev–Trinajstić information content (AvgIpc) is 2.55. The van der Waals surface area contributed by atoms with Gasteiger partial charge >= 0.3 is 6.09 Å². The molecule has 0 aliphatic carbocycles. The number of hydrogen-bond donors (Lipinski definition) is 2. The lowest BCUT2D eigenvalue weighted by molar-refractivity contribution is 0.0983. The topological polar surface area (TPSA) is 79.4 Å². The van der Waals surface area contributed by atoms with Gasteiger partial charge in [-0.05, 0) is 33.1 Å². The van der Waals surface area contributed by atoms with Crippen molar-refractivity contribution in [2.75, 3.05) is 36.9 Å². The Morgan fingerprint density at radius 2 is 2.08 bits per heavy atom. The van der Waals surface area contributed by atoms with Crippen molar-refractivity contribution in [1.29, 1.82) is 0 Å². The molecule has 2 rings (SSSR count). The van der Waals surface area contributed by atoms with Crippen LogP contribution < -0.4 is 10.6 Å². The van der Waals surface area contributed by atoms with E-state index in [1.54, 1.807) is 4.90 Å². The maximum absolute atomic E-state index is 11.7. The van der Waals surface area contributed by atoms with Crippen LogP contribution in [0.4, 0.5) is 16.6 Å². The molecule has 7 heteroatoms. The number of nitrogens with one attached hydrogen (secondary N) is 2. The Morgan fingerprint density at radius 3 is 2.75 bits per heavy atom. The van der Waals surface area contributed by atoms with Crippen LogP contribution in [-0.4, -0.2) is 53.2 Å². The third kappa shape index (κ3) is 5.54. The van der Waals surface area contributed by atoms with Crippen molar-refractivity contribution in [3.05, 3.63) is 11.8 Å². The molecule has 0 radical (unpaired) electrons. The minimum atomic E-state index is -0.212. The van der Waals surface area contributed by atoms with E-state index in [-0.39, 0.29) is 6.09 Å². The first-order chi connectivity index (χ1) is 11.6. The molecule has 0 spiro atoms. The summed E-state index contributed by atoms with van der Waals surface area (Å²) in [7, 11) is 0. The highest BCUT2D eigenvalue weighted by atomic mass is 16.6. The minimum absolute atomic E-state index is 0.212. The first-order valence-corrected chi connectivity index (χ1v) is 8.90. The highest BCUT2D eigenvalue weighted by Crippen LogP contribution is 2.17. The summed E-state index contributed by atoms with van der Waals surface area (Å²) in [6.07, 6.45) is 3.81. The summed E-state index contributed by atoms with van der Waals surface area (Å²) in [6, 6.07) is 2.27. The lowest BCUT2D eigenvalue weighted by Gasteiger charge is -2.31. The van der Waals surface area contributed by atoms with Gasteiger partial charge in [0.15, 0.2) is 0 Å². The fourth-order valence-electron chi connectivity index (χ4n) is 2.73. The van der Waals surface area contributed by atoms with E-state index in [1.807, 2.05) is 19.9 Å². The number of nitrogens with zero attached hydrogens (tertiary/aromatic N) is 3. The number of aromatic nitrogens is 2. The van der Waals surface area contributed by atoms with Gasteiger partial charge in [-0.3, -0.25) is 0 Å². The van der Waals surface area contributed by atoms with Crippen molar-refractivity contribution in [2.45, 2.75) is 52.5 Å². The van der Waals surface area contributed by atoms with Crippen LogP contribution in [0.5, 0.6) is 0 Å². The van der Waals surface area contributed by atoms with Crippen molar-refractivity contribution in [3.8, 4) is 0 Å². The number of aryl methyl sites for hydroxylation is 1. The number of unbranched alkanes of at least 4 members (excludes halogenated alkanes) is 1. The zero-order chi connectivity index (χ0) is 17.4. The number of likely N-dealkylation sites (tertiary alicyclic amines) is 1. The van der Waals surface area contributed by atoms with Gasteiger partial charge in [0.25, 0.3) is 0 Å². The van der Waals surface area contributed by atoms with Gasteiger partial charge in [-0.15, -0.1) is 0 Å². The molecule has 1 fully saturated rings. The highest BCUT2D eigenvalue weighted by molar-refractivity contribution is 5.67. The number of amides is 1. The van der Waals surface area contributed by atoms with E-state index in [0.29, 0.717) is 31.7 Å². The van der Waals surface area contributed by atoms with Crippen molar-refractivity contribution < 1.29 is 9.53 Å². The monoisotopic (exact) mass is 335 g/mol. The van der Waals surface area contributed by atoms with Gasteiger partial charge in [-0.2, -0.15) is 4.98 Å². The Hall–Kier alpha value is -2.05. The fraction of sp³-hybridized carbons (Fsp3) is 0.706. The normalized spacial score (nSPS) is 15.2. The Morgan fingerprint density at radius 1 is 1.33 bits per heavy atom. The molecule has 1 aromatic heterocycles. The quantitative estimate of drug-likeness (QED) is 0.746. The number of anilines is 2. The van der Waals surface area contributed by atoms with Crippen LogP contribution in [0.25, 0.3) is 0 Å². The second-order valence-electron chi connectivity index (χ2n) is 6.10. The molecule has 1 saturated heterocycles. The molecule has 1 aliphatic heterocycles. The van der Waals surface area contributed by atoms with Gasteiger partial charge in [-0.25, -0.2) is 9.78 Å². The fourth-order valence-corrected chi connectivity index (χ4v) is 2.73. The zero-order valence-corrected chi connectivity index (χ0v) is 15.0. The summed E-state index contributed by atoms with van der Waals surface area (Å²) >= 11 is 0. The maximum atomic E-state index is 11.7. The van der Waals surface area contributed by atoms with Crippen LogP contribution in [0.2, 0.25) is 0 Å². The van der Waals surface area contributed by atoms with Crippen molar-refractivity contribution in [2.24, 2.45) is 0 Å². The SMILES string of the molecule is CCCCNc1nc(C)cc(NC2CCN(C(=O)OCC)CC2)n1. The van der Waals surface area contributed by atoms with Crippen LogP contribution >= 0.6 is 0 Å². The maximum Gasteiger partial charge on any atom is 0.409 e. The number of hydrogen-bond acceptors (Lipinski definition) is 6. The Bertz CT molecular complexity index is 530. The molecule has 0 saturated carbocycles. The predicted octanol–water partition coefficient (Wildman–Crippen LogP) is 3.03. The van der Waals surface area contributed by atoms with Gasteiger partial charge in [0.1, 0.15) is 5.82 Å². The van der Waals surface area contributed by atoms with E-state index in [2.05, 4.69) is 27.5 Å². The molecule has 0 atom stereocenters. The molecule has 0 bridgehead atoms. The van der Waals surface area contributed by atoms with Gasteiger partial charge in [-0.1, -0.05) is 13.3 Å². The standard InChI is InChI=1S/C17H29N5O2/c1-4-6-9-18-16-19-13(3)12-15(21-16)20-14-7-10-22(11-8-14)17(23)24-5-2/h12,14H,4-11H2,1-3H3,(H2,18,19,20,21). The molecule has 134 valence electrons. The number of carbonyl (C=O) groups excluding carboxylic acids is 1. The zero-order valence-electron chi connectivity index (χ0n) is 15.0. The van der Waals surface area contributed by atoms with E-state index in [0.717, 1.165) is 43.7 Å². The lowest BCUT2D eigenvalue weighted by atomic mass is 10.1. The molecular weight excluding hydrogens is 306 g/mol. The molecule has 1 amide bonds. The van der Waals surface area contributed by atoms with Crippen LogP contribution in [0.1, 0.15) is 45.2 Å². The molecule has 2 heterocycles. The molecule has 0 aromatic carbocycles. The Balaban J connectivity index is 1.86. The third-order valence-electron chi connectivity index (χ3n) is 4.04. The molecule has 0 unspecified atom stereocenters. The molecule has 2 N–H and O–H groups in total. The first-order valence-electron chi connectivity index (χ1n) is 8.90. The van der Waals surface area contributed by atoms with E-state index >= 15 is 0 Å². The smallest absolute Gasteiger partial charge is 0.409 e. The van der Waals surface area contributed by atoms with Crippen molar-refractivity contribution in [1.82, 2.24) is 14.9 Å². The molecule has 7 nitrogen and oxygen atoms in total. The summed E-state index contributed by atoms with van der Waals surface area (Å²) in [5, 5.41) is 6.74. The van der Waals surface area contributed by atoms with Gasteiger partial charge in [0.2, 0.25) is 5.95 Å².